The fourth-order valence-corrected chi connectivity index (χ4v) is 3.01. The summed E-state index contributed by atoms with van der Waals surface area (Å²) in [6.45, 7) is 4.19. The van der Waals surface area contributed by atoms with Crippen LogP contribution in [0.25, 0.3) is 0 Å². The van der Waals surface area contributed by atoms with E-state index >= 15 is 0 Å². The molecular formula is C19H24N4O3. The highest BCUT2D eigenvalue weighted by molar-refractivity contribution is 5.91. The molecule has 0 saturated heterocycles. The van der Waals surface area contributed by atoms with Crippen molar-refractivity contribution in [3.63, 3.8) is 0 Å². The van der Waals surface area contributed by atoms with E-state index in [0.717, 1.165) is 36.7 Å². The lowest BCUT2D eigenvalue weighted by Gasteiger charge is -2.30. The minimum atomic E-state index is -0.188. The fourth-order valence-electron chi connectivity index (χ4n) is 3.01. The molecule has 2 aromatic rings. The van der Waals surface area contributed by atoms with Crippen LogP contribution in [0.1, 0.15) is 35.0 Å². The predicted octanol–water partition coefficient (Wildman–Crippen LogP) is 2.20. The predicted molar refractivity (Wildman–Crippen MR) is 99.0 cm³/mol. The maximum Gasteiger partial charge on any atom is 0.271 e. The van der Waals surface area contributed by atoms with Gasteiger partial charge in [0, 0.05) is 19.6 Å². The van der Waals surface area contributed by atoms with Gasteiger partial charge in [0.1, 0.15) is 11.5 Å². The van der Waals surface area contributed by atoms with Crippen LogP contribution >= 0.6 is 0 Å². The summed E-state index contributed by atoms with van der Waals surface area (Å²) < 4.78 is 10.8. The van der Waals surface area contributed by atoms with Crippen LogP contribution in [0.3, 0.4) is 0 Å². The number of carbonyl (C=O) groups is 1. The Morgan fingerprint density at radius 3 is 2.50 bits per heavy atom. The molecule has 7 heteroatoms. The third-order valence-electron chi connectivity index (χ3n) is 4.45. The van der Waals surface area contributed by atoms with Crippen LogP contribution in [0.2, 0.25) is 0 Å². The number of nitrogens with zero attached hydrogens (tertiary/aromatic N) is 3. The quantitative estimate of drug-likeness (QED) is 0.855. The van der Waals surface area contributed by atoms with Crippen molar-refractivity contribution in [2.75, 3.05) is 32.2 Å². The van der Waals surface area contributed by atoms with E-state index in [0.29, 0.717) is 18.8 Å². The first-order valence-electron chi connectivity index (χ1n) is 8.75. The van der Waals surface area contributed by atoms with Crippen LogP contribution in [0.5, 0.6) is 11.5 Å². The smallest absolute Gasteiger partial charge is 0.271 e. The zero-order chi connectivity index (χ0) is 18.5. The number of carbonyl (C=O) groups excluding carboxylic acids is 1. The Morgan fingerprint density at radius 2 is 1.88 bits per heavy atom. The second-order valence-electron chi connectivity index (χ2n) is 6.16. The number of ether oxygens (including phenoxy) is 2. The number of anilines is 1. The van der Waals surface area contributed by atoms with E-state index in [9.17, 15) is 4.79 Å². The van der Waals surface area contributed by atoms with E-state index in [1.807, 2.05) is 19.1 Å². The summed E-state index contributed by atoms with van der Waals surface area (Å²) in [6, 6.07) is 4.05. The lowest BCUT2D eigenvalue weighted by molar-refractivity contribution is 0.0948. The molecule has 1 aliphatic rings. The molecule has 3 rings (SSSR count). The van der Waals surface area contributed by atoms with Gasteiger partial charge in [-0.15, -0.1) is 0 Å². The number of aromatic nitrogens is 2. The third kappa shape index (κ3) is 3.71. The minimum Gasteiger partial charge on any atom is -0.493 e. The second kappa shape index (κ2) is 8.03. The number of rotatable bonds is 6. The Bertz CT molecular complexity index is 777. The standard InChI is InChI=1S/C19H24N4O3/c1-4-6-20-19(24)15-10-22-18(11-21-15)23-7-5-13-8-16(25-2)17(26-3)9-14(13)12-23/h8-11H,4-7,12H2,1-3H3,(H,20,24). The summed E-state index contributed by atoms with van der Waals surface area (Å²) >= 11 is 0. The van der Waals surface area contributed by atoms with E-state index in [-0.39, 0.29) is 5.91 Å². The first-order chi connectivity index (χ1) is 12.7. The molecule has 7 nitrogen and oxygen atoms in total. The lowest BCUT2D eigenvalue weighted by Crippen LogP contribution is -2.31. The van der Waals surface area contributed by atoms with Crippen LogP contribution in [-0.4, -0.2) is 43.2 Å². The van der Waals surface area contributed by atoms with Gasteiger partial charge in [-0.25, -0.2) is 9.97 Å². The van der Waals surface area contributed by atoms with Gasteiger partial charge in [0.05, 0.1) is 26.6 Å². The van der Waals surface area contributed by atoms with E-state index in [4.69, 9.17) is 9.47 Å². The molecule has 0 fully saturated rings. The summed E-state index contributed by atoms with van der Waals surface area (Å²) in [5, 5.41) is 2.80. The Morgan fingerprint density at radius 1 is 1.15 bits per heavy atom. The first kappa shape index (κ1) is 18.0. The van der Waals surface area contributed by atoms with E-state index in [1.54, 1.807) is 20.4 Å². The van der Waals surface area contributed by atoms with Crippen molar-refractivity contribution in [3.8, 4) is 11.5 Å². The second-order valence-corrected chi connectivity index (χ2v) is 6.16. The van der Waals surface area contributed by atoms with Crippen LogP contribution in [-0.2, 0) is 13.0 Å². The zero-order valence-electron chi connectivity index (χ0n) is 15.4. The average Bonchev–Trinajstić information content (AvgIpc) is 2.70. The summed E-state index contributed by atoms with van der Waals surface area (Å²) in [4.78, 5) is 22.8. The van der Waals surface area contributed by atoms with Crippen molar-refractivity contribution in [1.82, 2.24) is 15.3 Å². The highest BCUT2D eigenvalue weighted by Gasteiger charge is 2.21. The van der Waals surface area contributed by atoms with Crippen LogP contribution in [0.4, 0.5) is 5.82 Å². The molecule has 0 aliphatic carbocycles. The largest absolute Gasteiger partial charge is 0.493 e. The van der Waals surface area contributed by atoms with Gasteiger partial charge < -0.3 is 19.7 Å². The minimum absolute atomic E-state index is 0.188. The molecule has 0 bridgehead atoms. The van der Waals surface area contributed by atoms with Crippen LogP contribution in [0.15, 0.2) is 24.5 Å². The molecule has 0 unspecified atom stereocenters. The Labute approximate surface area is 153 Å². The SMILES string of the molecule is CCCNC(=O)c1cnc(N2CCc3cc(OC)c(OC)cc3C2)cn1. The number of nitrogens with one attached hydrogen (secondary N) is 1. The highest BCUT2D eigenvalue weighted by atomic mass is 16.5. The molecule has 2 heterocycles. The average molecular weight is 356 g/mol. The molecule has 1 aliphatic heterocycles. The zero-order valence-corrected chi connectivity index (χ0v) is 15.4. The number of fused-ring (bicyclic) bond motifs is 1. The van der Waals surface area contributed by atoms with Gasteiger partial charge in [-0.2, -0.15) is 0 Å². The van der Waals surface area contributed by atoms with Gasteiger partial charge in [-0.3, -0.25) is 4.79 Å². The van der Waals surface area contributed by atoms with Crippen molar-refractivity contribution in [2.24, 2.45) is 0 Å². The molecule has 1 aromatic carbocycles. The van der Waals surface area contributed by atoms with E-state index in [1.165, 1.54) is 17.3 Å². The van der Waals surface area contributed by atoms with E-state index < -0.39 is 0 Å². The number of hydrogen-bond acceptors (Lipinski definition) is 6. The summed E-state index contributed by atoms with van der Waals surface area (Å²) in [5.41, 5.74) is 2.77. The normalized spacial score (nSPS) is 13.1. The van der Waals surface area contributed by atoms with Crippen molar-refractivity contribution in [2.45, 2.75) is 26.3 Å². The first-order valence-corrected chi connectivity index (χ1v) is 8.75. The Kier molecular flexibility index (Phi) is 5.55. The highest BCUT2D eigenvalue weighted by Crippen LogP contribution is 2.33. The van der Waals surface area contributed by atoms with E-state index in [2.05, 4.69) is 20.2 Å². The number of hydrogen-bond donors (Lipinski definition) is 1. The molecule has 1 N–H and O–H groups in total. The van der Waals surface area contributed by atoms with Crippen molar-refractivity contribution in [1.29, 1.82) is 0 Å². The van der Waals surface area contributed by atoms with Gasteiger partial charge in [0.15, 0.2) is 11.5 Å². The van der Waals surface area contributed by atoms with Crippen LogP contribution in [0, 0.1) is 0 Å². The van der Waals surface area contributed by atoms with Crippen molar-refractivity contribution < 1.29 is 14.3 Å². The van der Waals surface area contributed by atoms with Gasteiger partial charge in [-0.05, 0) is 36.1 Å². The maximum absolute atomic E-state index is 11.9. The van der Waals surface area contributed by atoms with Gasteiger partial charge in [0.2, 0.25) is 0 Å². The number of methoxy groups -OCH3 is 2. The molecule has 1 aromatic heterocycles. The molecule has 1 amide bonds. The topological polar surface area (TPSA) is 76.6 Å². The molecule has 26 heavy (non-hydrogen) atoms. The Balaban J connectivity index is 1.75. The summed E-state index contributed by atoms with van der Waals surface area (Å²) in [6.07, 6.45) is 4.96. The monoisotopic (exact) mass is 356 g/mol. The van der Waals surface area contributed by atoms with Gasteiger partial charge >= 0.3 is 0 Å². The molecule has 138 valence electrons. The van der Waals surface area contributed by atoms with Gasteiger partial charge in [-0.1, -0.05) is 6.92 Å². The molecule has 0 radical (unpaired) electrons. The van der Waals surface area contributed by atoms with Crippen molar-refractivity contribution >= 4 is 11.7 Å². The molecule has 0 spiro atoms. The molecular weight excluding hydrogens is 332 g/mol. The summed E-state index contributed by atoms with van der Waals surface area (Å²) in [7, 11) is 3.28. The molecule has 0 atom stereocenters. The Hall–Kier alpha value is -2.83. The maximum atomic E-state index is 11.9. The fraction of sp³-hybridized carbons (Fsp3) is 0.421. The van der Waals surface area contributed by atoms with Crippen molar-refractivity contribution in [3.05, 3.63) is 41.3 Å². The third-order valence-corrected chi connectivity index (χ3v) is 4.45. The molecule has 0 saturated carbocycles. The number of amides is 1. The lowest BCUT2D eigenvalue weighted by atomic mass is 9.99. The number of benzene rings is 1. The van der Waals surface area contributed by atoms with Gasteiger partial charge in [0.25, 0.3) is 5.91 Å². The van der Waals surface area contributed by atoms with Crippen LogP contribution < -0.4 is 19.7 Å². The summed E-state index contributed by atoms with van der Waals surface area (Å²) in [5.74, 6) is 2.05.